The maximum absolute atomic E-state index is 12.0. The fourth-order valence-electron chi connectivity index (χ4n) is 3.87. The lowest BCUT2D eigenvalue weighted by atomic mass is 10.0. The number of fused-ring (bicyclic) bond motifs is 3. The zero-order chi connectivity index (χ0) is 19.0. The fraction of sp³-hybridized carbons (Fsp3) is 0.208. The molecule has 3 aromatic carbocycles. The second-order valence-corrected chi connectivity index (χ2v) is 7.09. The quantitative estimate of drug-likeness (QED) is 0.538. The Morgan fingerprint density at radius 1 is 1.11 bits per heavy atom. The van der Waals surface area contributed by atoms with Crippen molar-refractivity contribution in [1.29, 1.82) is 0 Å². The van der Waals surface area contributed by atoms with E-state index in [1.165, 1.54) is 16.7 Å². The van der Waals surface area contributed by atoms with Crippen molar-refractivity contribution in [3.63, 3.8) is 0 Å². The number of carbonyl (C=O) groups excluding carboxylic acids is 1. The summed E-state index contributed by atoms with van der Waals surface area (Å²) in [5.41, 5.74) is 12.1. The predicted octanol–water partition coefficient (Wildman–Crippen LogP) is 5.00. The molecule has 0 spiro atoms. The number of amides is 1. The van der Waals surface area contributed by atoms with Crippen LogP contribution in [0.4, 0.5) is 0 Å². The van der Waals surface area contributed by atoms with Gasteiger partial charge in [-0.1, -0.05) is 49.7 Å². The third kappa shape index (κ3) is 2.99. The minimum Gasteiger partial charge on any atom is -0.366 e. The molecule has 4 aromatic rings. The number of nitrogens with zero attached hydrogens (tertiary/aromatic N) is 1. The lowest BCUT2D eigenvalue weighted by molar-refractivity contribution is 0.100. The van der Waals surface area contributed by atoms with E-state index in [4.69, 9.17) is 5.73 Å². The summed E-state index contributed by atoms with van der Waals surface area (Å²) in [5, 5.41) is 1.87. The van der Waals surface area contributed by atoms with Gasteiger partial charge in [-0.15, -0.1) is 0 Å². The van der Waals surface area contributed by atoms with Crippen LogP contribution in [0.1, 0.15) is 40.4 Å². The highest BCUT2D eigenvalue weighted by Gasteiger charge is 2.17. The van der Waals surface area contributed by atoms with E-state index < -0.39 is 5.91 Å². The second-order valence-electron chi connectivity index (χ2n) is 7.09. The van der Waals surface area contributed by atoms with Crippen LogP contribution in [-0.4, -0.2) is 10.5 Å². The molecular formula is C24H23N2O. The lowest BCUT2D eigenvalue weighted by Crippen LogP contribution is -2.11. The first-order valence-corrected chi connectivity index (χ1v) is 9.40. The van der Waals surface area contributed by atoms with Crippen LogP contribution < -0.4 is 5.73 Å². The number of carbonyl (C=O) groups is 1. The van der Waals surface area contributed by atoms with Gasteiger partial charge in [0, 0.05) is 22.9 Å². The molecule has 0 fully saturated rings. The Labute approximate surface area is 159 Å². The van der Waals surface area contributed by atoms with E-state index >= 15 is 0 Å². The maximum Gasteiger partial charge on any atom is 0.249 e. The fourth-order valence-corrected chi connectivity index (χ4v) is 3.87. The molecule has 1 aromatic heterocycles. The molecule has 3 nitrogen and oxygen atoms in total. The summed E-state index contributed by atoms with van der Waals surface area (Å²) in [5.74, 6) is -0.401. The number of aromatic nitrogens is 1. The zero-order valence-corrected chi connectivity index (χ0v) is 15.8. The number of benzene rings is 3. The summed E-state index contributed by atoms with van der Waals surface area (Å²) in [6.45, 7) is 5.06. The van der Waals surface area contributed by atoms with Crippen molar-refractivity contribution in [3.05, 3.63) is 82.9 Å². The smallest absolute Gasteiger partial charge is 0.249 e. The van der Waals surface area contributed by atoms with Crippen molar-refractivity contribution in [3.8, 4) is 0 Å². The molecule has 0 aliphatic carbocycles. The van der Waals surface area contributed by atoms with E-state index in [0.717, 1.165) is 41.2 Å². The summed E-state index contributed by atoms with van der Waals surface area (Å²) in [6, 6.07) is 21.9. The zero-order valence-electron chi connectivity index (χ0n) is 15.8. The van der Waals surface area contributed by atoms with Crippen LogP contribution in [0.2, 0.25) is 0 Å². The highest BCUT2D eigenvalue weighted by molar-refractivity contribution is 6.17. The summed E-state index contributed by atoms with van der Waals surface area (Å²) in [7, 11) is 0. The average molecular weight is 355 g/mol. The second kappa shape index (κ2) is 6.92. The topological polar surface area (TPSA) is 48.0 Å². The molecule has 27 heavy (non-hydrogen) atoms. The van der Waals surface area contributed by atoms with Gasteiger partial charge in [-0.25, -0.2) is 0 Å². The molecule has 1 radical (unpaired) electrons. The molecule has 0 aliphatic rings. The third-order valence-electron chi connectivity index (χ3n) is 5.25. The van der Waals surface area contributed by atoms with Crippen LogP contribution in [0.5, 0.6) is 0 Å². The first kappa shape index (κ1) is 17.3. The summed E-state index contributed by atoms with van der Waals surface area (Å²) < 4.78 is 2.29. The normalized spacial score (nSPS) is 11.3. The first-order valence-electron chi connectivity index (χ1n) is 9.40. The van der Waals surface area contributed by atoms with Gasteiger partial charge in [0.1, 0.15) is 0 Å². The monoisotopic (exact) mass is 355 g/mol. The number of hydrogen-bond donors (Lipinski definition) is 1. The van der Waals surface area contributed by atoms with Crippen LogP contribution >= 0.6 is 0 Å². The molecule has 1 amide bonds. The highest BCUT2D eigenvalue weighted by Crippen LogP contribution is 2.33. The number of rotatable bonds is 5. The van der Waals surface area contributed by atoms with Crippen molar-refractivity contribution in [2.45, 2.75) is 33.2 Å². The Bertz CT molecular complexity index is 1150. The van der Waals surface area contributed by atoms with E-state index in [-0.39, 0.29) is 0 Å². The minimum absolute atomic E-state index is 0.401. The highest BCUT2D eigenvalue weighted by atomic mass is 16.1. The van der Waals surface area contributed by atoms with Crippen LogP contribution in [-0.2, 0) is 13.0 Å². The third-order valence-corrected chi connectivity index (χ3v) is 5.25. The maximum atomic E-state index is 12.0. The van der Waals surface area contributed by atoms with Crippen LogP contribution in [0.25, 0.3) is 21.8 Å². The van der Waals surface area contributed by atoms with Crippen molar-refractivity contribution in [2.24, 2.45) is 5.73 Å². The summed E-state index contributed by atoms with van der Waals surface area (Å²) >= 11 is 0. The van der Waals surface area contributed by atoms with Gasteiger partial charge in [-0.3, -0.25) is 4.79 Å². The molecule has 135 valence electrons. The average Bonchev–Trinajstić information content (AvgIpc) is 2.97. The van der Waals surface area contributed by atoms with Gasteiger partial charge >= 0.3 is 0 Å². The molecule has 2 N–H and O–H groups in total. The Balaban J connectivity index is 2.04. The van der Waals surface area contributed by atoms with Gasteiger partial charge in [0.25, 0.3) is 0 Å². The van der Waals surface area contributed by atoms with E-state index in [1.807, 2.05) is 12.1 Å². The molecule has 3 heteroatoms. The number of hydrogen-bond acceptors (Lipinski definition) is 1. The van der Waals surface area contributed by atoms with Gasteiger partial charge in [0.2, 0.25) is 5.91 Å². The Morgan fingerprint density at radius 2 is 1.93 bits per heavy atom. The van der Waals surface area contributed by atoms with Crippen molar-refractivity contribution in [1.82, 2.24) is 4.57 Å². The molecule has 0 aliphatic heterocycles. The number of nitrogens with two attached hydrogens (primary N) is 1. The van der Waals surface area contributed by atoms with Gasteiger partial charge in [0.05, 0.1) is 11.0 Å². The van der Waals surface area contributed by atoms with Crippen LogP contribution in [0.15, 0.2) is 54.6 Å². The minimum atomic E-state index is -0.401. The van der Waals surface area contributed by atoms with Crippen molar-refractivity contribution >= 4 is 27.7 Å². The summed E-state index contributed by atoms with van der Waals surface area (Å²) in [4.78, 5) is 12.0. The van der Waals surface area contributed by atoms with E-state index in [0.29, 0.717) is 5.56 Å². The first-order chi connectivity index (χ1) is 13.1. The number of aryl methyl sites for hydroxylation is 2. The van der Waals surface area contributed by atoms with Crippen LogP contribution in [0.3, 0.4) is 0 Å². The Kier molecular flexibility index (Phi) is 4.44. The largest absolute Gasteiger partial charge is 0.366 e. The molecule has 0 saturated heterocycles. The van der Waals surface area contributed by atoms with Gasteiger partial charge in [-0.2, -0.15) is 0 Å². The molecule has 0 bridgehead atoms. The molecule has 1 heterocycles. The Morgan fingerprint density at radius 3 is 2.67 bits per heavy atom. The molecule has 0 atom stereocenters. The molecule has 0 saturated carbocycles. The van der Waals surface area contributed by atoms with Crippen LogP contribution in [0, 0.1) is 13.0 Å². The predicted molar refractivity (Wildman–Crippen MR) is 111 cm³/mol. The molecular weight excluding hydrogens is 332 g/mol. The molecule has 4 rings (SSSR count). The SMILES string of the molecule is CCCc1c[c]c2c3c(C(N)=O)cccc3n(Cc3ccccc3C)c2c1. The van der Waals surface area contributed by atoms with E-state index in [2.05, 4.69) is 60.9 Å². The van der Waals surface area contributed by atoms with E-state index in [1.54, 1.807) is 6.07 Å². The van der Waals surface area contributed by atoms with Crippen molar-refractivity contribution in [2.75, 3.05) is 0 Å². The lowest BCUT2D eigenvalue weighted by Gasteiger charge is -2.11. The van der Waals surface area contributed by atoms with E-state index in [9.17, 15) is 4.79 Å². The summed E-state index contributed by atoms with van der Waals surface area (Å²) in [6.07, 6.45) is 2.10. The van der Waals surface area contributed by atoms with Crippen molar-refractivity contribution < 1.29 is 4.79 Å². The van der Waals surface area contributed by atoms with Gasteiger partial charge in [-0.05, 0) is 54.3 Å². The number of primary amides is 1. The Hall–Kier alpha value is -3.07. The molecule has 0 unspecified atom stereocenters. The standard InChI is InChI=1S/C24H23N2O/c1-3-7-17-12-13-19-22(14-17)26(15-18-9-5-4-8-16(18)2)21-11-6-10-20(23(19)21)24(25)27/h4-6,8-12,14H,3,7,15H2,1-2H3,(H2,25,27). The van der Waals surface area contributed by atoms with Gasteiger partial charge in [0.15, 0.2) is 0 Å². The van der Waals surface area contributed by atoms with Gasteiger partial charge < -0.3 is 10.3 Å².